The van der Waals surface area contributed by atoms with Crippen LogP contribution in [0, 0.1) is 0 Å². The second-order valence-electron chi connectivity index (χ2n) is 6.45. The number of rotatable bonds is 5. The monoisotopic (exact) mass is 273 g/mol. The van der Waals surface area contributed by atoms with Gasteiger partial charge in [0.2, 0.25) is 0 Å². The highest BCUT2D eigenvalue weighted by Gasteiger charge is 2.20. The third kappa shape index (κ3) is 4.87. The molecule has 0 spiro atoms. The molecule has 0 heterocycles. The van der Waals surface area contributed by atoms with Crippen molar-refractivity contribution >= 4 is 5.96 Å². The van der Waals surface area contributed by atoms with Gasteiger partial charge in [-0.25, -0.2) is 0 Å². The molecular weight excluding hydrogens is 246 g/mol. The summed E-state index contributed by atoms with van der Waals surface area (Å²) in [4.78, 5) is 4.60. The summed E-state index contributed by atoms with van der Waals surface area (Å²) in [5.41, 5.74) is 7.39. The molecule has 1 saturated carbocycles. The molecule has 0 radical (unpaired) electrons. The van der Waals surface area contributed by atoms with E-state index in [-0.39, 0.29) is 5.54 Å². The highest BCUT2D eigenvalue weighted by atomic mass is 15.1. The Labute approximate surface area is 122 Å². The van der Waals surface area contributed by atoms with Crippen LogP contribution in [-0.4, -0.2) is 17.5 Å². The topological polar surface area (TPSA) is 50.4 Å². The lowest BCUT2D eigenvalue weighted by Crippen LogP contribution is -2.47. The second kappa shape index (κ2) is 6.78. The zero-order valence-electron chi connectivity index (χ0n) is 12.7. The summed E-state index contributed by atoms with van der Waals surface area (Å²) in [5, 5.41) is 3.38. The van der Waals surface area contributed by atoms with Crippen LogP contribution in [-0.2, 0) is 6.42 Å². The average molecular weight is 273 g/mol. The zero-order valence-corrected chi connectivity index (χ0v) is 12.7. The lowest BCUT2D eigenvalue weighted by atomic mass is 9.95. The van der Waals surface area contributed by atoms with Gasteiger partial charge in [-0.05, 0) is 45.1 Å². The Bertz CT molecular complexity index is 431. The fourth-order valence-electron chi connectivity index (χ4n) is 2.77. The number of nitrogens with one attached hydrogen (secondary N) is 1. The van der Waals surface area contributed by atoms with Crippen LogP contribution in [0.25, 0.3) is 0 Å². The number of aryl methyl sites for hydroxylation is 1. The van der Waals surface area contributed by atoms with Gasteiger partial charge in [0.25, 0.3) is 0 Å². The fraction of sp³-hybridized carbons (Fsp3) is 0.588. The molecule has 1 aliphatic carbocycles. The molecule has 3 nitrogen and oxygen atoms in total. The lowest BCUT2D eigenvalue weighted by Gasteiger charge is -2.27. The number of nitrogens with zero attached hydrogens (tertiary/aromatic N) is 1. The predicted octanol–water partition coefficient (Wildman–Crippen LogP) is 3.24. The first-order valence-electron chi connectivity index (χ1n) is 7.70. The largest absolute Gasteiger partial charge is 0.370 e. The van der Waals surface area contributed by atoms with Crippen molar-refractivity contribution in [1.82, 2.24) is 5.32 Å². The van der Waals surface area contributed by atoms with Crippen LogP contribution in [0.15, 0.2) is 35.3 Å². The first-order chi connectivity index (χ1) is 9.55. The summed E-state index contributed by atoms with van der Waals surface area (Å²) < 4.78 is 0. The summed E-state index contributed by atoms with van der Waals surface area (Å²) in [6, 6.07) is 11.0. The zero-order chi connectivity index (χ0) is 14.4. The molecule has 3 heteroatoms. The number of benzene rings is 1. The van der Waals surface area contributed by atoms with E-state index in [1.54, 1.807) is 0 Å². The first-order valence-corrected chi connectivity index (χ1v) is 7.70. The molecule has 0 amide bonds. The van der Waals surface area contributed by atoms with E-state index < -0.39 is 0 Å². The molecule has 3 N–H and O–H groups in total. The van der Waals surface area contributed by atoms with E-state index in [0.717, 1.165) is 12.8 Å². The molecule has 0 atom stereocenters. The van der Waals surface area contributed by atoms with Gasteiger partial charge in [0.15, 0.2) is 5.96 Å². The highest BCUT2D eigenvalue weighted by Crippen LogP contribution is 2.21. The highest BCUT2D eigenvalue weighted by molar-refractivity contribution is 5.78. The minimum Gasteiger partial charge on any atom is -0.370 e. The van der Waals surface area contributed by atoms with Gasteiger partial charge in [0.1, 0.15) is 0 Å². The van der Waals surface area contributed by atoms with E-state index >= 15 is 0 Å². The lowest BCUT2D eigenvalue weighted by molar-refractivity contribution is 0.422. The summed E-state index contributed by atoms with van der Waals surface area (Å²) >= 11 is 0. The van der Waals surface area contributed by atoms with Crippen LogP contribution in [0.2, 0.25) is 0 Å². The Morgan fingerprint density at radius 1 is 1.25 bits per heavy atom. The molecule has 1 aliphatic rings. The van der Waals surface area contributed by atoms with E-state index in [1.807, 2.05) is 0 Å². The second-order valence-corrected chi connectivity index (χ2v) is 6.45. The molecule has 1 fully saturated rings. The van der Waals surface area contributed by atoms with E-state index in [2.05, 4.69) is 54.5 Å². The molecule has 0 bridgehead atoms. The van der Waals surface area contributed by atoms with Crippen LogP contribution >= 0.6 is 0 Å². The quantitative estimate of drug-likeness (QED) is 0.639. The molecular formula is C17H27N3. The van der Waals surface area contributed by atoms with Crippen molar-refractivity contribution in [2.24, 2.45) is 10.7 Å². The van der Waals surface area contributed by atoms with Gasteiger partial charge in [0, 0.05) is 5.54 Å². The van der Waals surface area contributed by atoms with Crippen molar-refractivity contribution in [3.05, 3.63) is 35.9 Å². The van der Waals surface area contributed by atoms with Gasteiger partial charge in [-0.3, -0.25) is 4.99 Å². The maximum Gasteiger partial charge on any atom is 0.189 e. The third-order valence-corrected chi connectivity index (χ3v) is 3.99. The normalized spacial score (nSPS) is 17.4. The van der Waals surface area contributed by atoms with Crippen molar-refractivity contribution in [3.63, 3.8) is 0 Å². The Kier molecular flexibility index (Phi) is 5.05. The van der Waals surface area contributed by atoms with E-state index in [9.17, 15) is 0 Å². The molecule has 0 aromatic heterocycles. The average Bonchev–Trinajstić information content (AvgIpc) is 2.90. The summed E-state index contributed by atoms with van der Waals surface area (Å²) in [6.07, 6.45) is 7.05. The van der Waals surface area contributed by atoms with Crippen molar-refractivity contribution in [1.29, 1.82) is 0 Å². The van der Waals surface area contributed by atoms with E-state index in [0.29, 0.717) is 12.0 Å². The standard InChI is InChI=1S/C17H27N3/c1-17(2,13-12-14-8-4-3-5-9-14)20-16(18)19-15-10-6-7-11-15/h3-5,8-9,15H,6-7,10-13H2,1-2H3,(H3,18,19,20). The number of hydrogen-bond donors (Lipinski definition) is 2. The first kappa shape index (κ1) is 14.9. The summed E-state index contributed by atoms with van der Waals surface area (Å²) in [5.74, 6) is 0.606. The van der Waals surface area contributed by atoms with Crippen molar-refractivity contribution in [2.45, 2.75) is 64.0 Å². The van der Waals surface area contributed by atoms with Crippen LogP contribution < -0.4 is 11.1 Å². The Balaban J connectivity index is 1.83. The fourth-order valence-corrected chi connectivity index (χ4v) is 2.77. The van der Waals surface area contributed by atoms with Gasteiger partial charge in [-0.15, -0.1) is 0 Å². The maximum atomic E-state index is 6.05. The molecule has 0 aliphatic heterocycles. The Morgan fingerprint density at radius 3 is 2.55 bits per heavy atom. The van der Waals surface area contributed by atoms with Crippen LogP contribution in [0.4, 0.5) is 0 Å². The molecule has 20 heavy (non-hydrogen) atoms. The van der Waals surface area contributed by atoms with E-state index in [1.165, 1.54) is 31.2 Å². The van der Waals surface area contributed by atoms with Gasteiger partial charge >= 0.3 is 0 Å². The van der Waals surface area contributed by atoms with Gasteiger partial charge in [-0.1, -0.05) is 43.2 Å². The minimum atomic E-state index is -0.0258. The Hall–Kier alpha value is -1.51. The smallest absolute Gasteiger partial charge is 0.189 e. The number of guanidine groups is 1. The number of nitrogens with two attached hydrogens (primary N) is 1. The molecule has 0 unspecified atom stereocenters. The molecule has 1 aromatic carbocycles. The third-order valence-electron chi connectivity index (χ3n) is 3.99. The molecule has 1 aromatic rings. The van der Waals surface area contributed by atoms with Crippen LogP contribution in [0.3, 0.4) is 0 Å². The summed E-state index contributed by atoms with van der Waals surface area (Å²) in [6.45, 7) is 4.37. The van der Waals surface area contributed by atoms with Crippen LogP contribution in [0.5, 0.6) is 0 Å². The van der Waals surface area contributed by atoms with Crippen molar-refractivity contribution < 1.29 is 0 Å². The minimum absolute atomic E-state index is 0.0258. The molecule has 2 rings (SSSR count). The molecule has 110 valence electrons. The predicted molar refractivity (Wildman–Crippen MR) is 85.9 cm³/mol. The van der Waals surface area contributed by atoms with Gasteiger partial charge in [0.05, 0.1) is 6.04 Å². The van der Waals surface area contributed by atoms with Gasteiger partial charge < -0.3 is 11.1 Å². The van der Waals surface area contributed by atoms with Crippen molar-refractivity contribution in [3.8, 4) is 0 Å². The van der Waals surface area contributed by atoms with Crippen molar-refractivity contribution in [2.75, 3.05) is 0 Å². The number of hydrogen-bond acceptors (Lipinski definition) is 1. The molecule has 0 saturated heterocycles. The number of aliphatic imine (C=N–C) groups is 1. The van der Waals surface area contributed by atoms with E-state index in [4.69, 9.17) is 5.73 Å². The summed E-state index contributed by atoms with van der Waals surface area (Å²) in [7, 11) is 0. The Morgan fingerprint density at radius 2 is 1.90 bits per heavy atom. The maximum absolute atomic E-state index is 6.05. The van der Waals surface area contributed by atoms with Crippen LogP contribution in [0.1, 0.15) is 51.5 Å². The van der Waals surface area contributed by atoms with Gasteiger partial charge in [-0.2, -0.15) is 0 Å². The SMILES string of the molecule is CC(C)(CCc1ccccc1)NC(N)=NC1CCCC1.